The lowest BCUT2D eigenvalue weighted by Crippen LogP contribution is -2.35. The number of nitrogens with one attached hydrogen (secondary N) is 1. The van der Waals surface area contributed by atoms with Crippen LogP contribution in [-0.4, -0.2) is 20.6 Å². The van der Waals surface area contributed by atoms with Gasteiger partial charge in [0.15, 0.2) is 0 Å². The van der Waals surface area contributed by atoms with Crippen molar-refractivity contribution in [2.75, 3.05) is 0 Å². The van der Waals surface area contributed by atoms with Gasteiger partial charge in [-0.05, 0) is 19.1 Å². The smallest absolute Gasteiger partial charge is 0.261 e. The highest BCUT2D eigenvalue weighted by Gasteiger charge is 2.17. The number of nitrogens with zero attached hydrogens (tertiary/aromatic N) is 3. The van der Waals surface area contributed by atoms with E-state index in [2.05, 4.69) is 15.5 Å². The number of fused-ring (bicyclic) bond motifs is 1. The molecule has 0 saturated heterocycles. The molecule has 3 rings (SSSR count). The van der Waals surface area contributed by atoms with Crippen LogP contribution in [0.25, 0.3) is 10.9 Å². The third-order valence-corrected chi connectivity index (χ3v) is 3.42. The minimum Gasteiger partial charge on any atom is -0.364 e. The van der Waals surface area contributed by atoms with Gasteiger partial charge in [0.25, 0.3) is 5.56 Å². The van der Waals surface area contributed by atoms with Gasteiger partial charge in [0.2, 0.25) is 5.91 Å². The van der Waals surface area contributed by atoms with Crippen molar-refractivity contribution in [2.45, 2.75) is 19.5 Å². The molecule has 7 heteroatoms. The Hall–Kier alpha value is -2.96. The number of benzene rings is 1. The van der Waals surface area contributed by atoms with Crippen LogP contribution in [0.2, 0.25) is 0 Å². The number of hydrogen-bond acceptors (Lipinski definition) is 5. The van der Waals surface area contributed by atoms with Crippen molar-refractivity contribution in [3.05, 3.63) is 59.0 Å². The summed E-state index contributed by atoms with van der Waals surface area (Å²) in [7, 11) is 0. The first-order valence-electron chi connectivity index (χ1n) is 6.79. The van der Waals surface area contributed by atoms with Crippen LogP contribution >= 0.6 is 0 Å². The second kappa shape index (κ2) is 5.80. The Balaban J connectivity index is 1.82. The van der Waals surface area contributed by atoms with Crippen LogP contribution in [0.15, 0.2) is 52.2 Å². The highest BCUT2D eigenvalue weighted by molar-refractivity contribution is 5.81. The predicted molar refractivity (Wildman–Crippen MR) is 79.1 cm³/mol. The fraction of sp³-hybridized carbons (Fsp3) is 0.200. The first-order chi connectivity index (χ1) is 10.7. The Labute approximate surface area is 125 Å². The van der Waals surface area contributed by atoms with Crippen molar-refractivity contribution in [3.8, 4) is 0 Å². The van der Waals surface area contributed by atoms with Gasteiger partial charge in [-0.1, -0.05) is 17.3 Å². The quantitative estimate of drug-likeness (QED) is 0.783. The Morgan fingerprint density at radius 2 is 2.18 bits per heavy atom. The standard InChI is InChI=1S/C15H14N4O3/c1-10(14(20)16-8-11-6-7-22-18-11)19-9-17-13-5-3-2-4-12(13)15(19)21/h2-7,9-10H,8H2,1H3,(H,16,20). The molecule has 0 aliphatic rings. The lowest BCUT2D eigenvalue weighted by Gasteiger charge is -2.14. The molecule has 0 saturated carbocycles. The zero-order valence-electron chi connectivity index (χ0n) is 11.9. The number of carbonyl (C=O) groups excluding carboxylic acids is 1. The van der Waals surface area contributed by atoms with E-state index in [1.807, 2.05) is 6.07 Å². The first-order valence-corrected chi connectivity index (χ1v) is 6.79. The Kier molecular flexibility index (Phi) is 3.69. The monoisotopic (exact) mass is 298 g/mol. The summed E-state index contributed by atoms with van der Waals surface area (Å²) in [6.07, 6.45) is 2.83. The molecule has 22 heavy (non-hydrogen) atoms. The summed E-state index contributed by atoms with van der Waals surface area (Å²) in [4.78, 5) is 28.8. The fourth-order valence-electron chi connectivity index (χ4n) is 2.14. The summed E-state index contributed by atoms with van der Waals surface area (Å²) in [5, 5.41) is 6.90. The molecule has 1 N–H and O–H groups in total. The van der Waals surface area contributed by atoms with Crippen LogP contribution in [0.3, 0.4) is 0 Å². The SMILES string of the molecule is CC(C(=O)NCc1ccon1)n1cnc2ccccc2c1=O. The van der Waals surface area contributed by atoms with E-state index < -0.39 is 6.04 Å². The molecule has 7 nitrogen and oxygen atoms in total. The molecule has 2 heterocycles. The molecule has 3 aromatic rings. The summed E-state index contributed by atoms with van der Waals surface area (Å²) < 4.78 is 6.01. The number of amides is 1. The molecule has 0 aliphatic carbocycles. The summed E-state index contributed by atoms with van der Waals surface area (Å²) in [5.74, 6) is -0.290. The van der Waals surface area contributed by atoms with Crippen molar-refractivity contribution in [1.29, 1.82) is 0 Å². The number of hydrogen-bond donors (Lipinski definition) is 1. The third kappa shape index (κ3) is 2.60. The zero-order valence-corrected chi connectivity index (χ0v) is 11.9. The minimum atomic E-state index is -0.670. The number of rotatable bonds is 4. The Morgan fingerprint density at radius 1 is 1.36 bits per heavy atom. The van der Waals surface area contributed by atoms with E-state index in [0.717, 1.165) is 0 Å². The van der Waals surface area contributed by atoms with E-state index in [4.69, 9.17) is 4.52 Å². The summed E-state index contributed by atoms with van der Waals surface area (Å²) in [6.45, 7) is 1.89. The second-order valence-corrected chi connectivity index (χ2v) is 4.86. The molecular weight excluding hydrogens is 284 g/mol. The van der Waals surface area contributed by atoms with Gasteiger partial charge in [-0.3, -0.25) is 14.2 Å². The fourth-order valence-corrected chi connectivity index (χ4v) is 2.14. The van der Waals surface area contributed by atoms with Crippen molar-refractivity contribution < 1.29 is 9.32 Å². The largest absolute Gasteiger partial charge is 0.364 e. The average Bonchev–Trinajstić information content (AvgIpc) is 3.06. The van der Waals surface area contributed by atoms with Gasteiger partial charge in [0.05, 0.1) is 23.8 Å². The lowest BCUT2D eigenvalue weighted by atomic mass is 10.2. The number of para-hydroxylation sites is 1. The van der Waals surface area contributed by atoms with Gasteiger partial charge >= 0.3 is 0 Å². The van der Waals surface area contributed by atoms with Gasteiger partial charge in [-0.15, -0.1) is 0 Å². The molecular formula is C15H14N4O3. The molecule has 0 fully saturated rings. The molecule has 112 valence electrons. The van der Waals surface area contributed by atoms with Gasteiger partial charge in [-0.25, -0.2) is 4.98 Å². The van der Waals surface area contributed by atoms with Gasteiger partial charge < -0.3 is 9.84 Å². The molecule has 1 amide bonds. The van der Waals surface area contributed by atoms with E-state index in [1.54, 1.807) is 31.2 Å². The van der Waals surface area contributed by atoms with Crippen LogP contribution in [0, 0.1) is 0 Å². The molecule has 2 aromatic heterocycles. The van der Waals surface area contributed by atoms with Crippen molar-refractivity contribution in [3.63, 3.8) is 0 Å². The summed E-state index contributed by atoms with van der Waals surface area (Å²) in [5.41, 5.74) is 0.984. The molecule has 0 aliphatic heterocycles. The molecule has 1 unspecified atom stereocenters. The maximum Gasteiger partial charge on any atom is 0.261 e. The molecule has 1 aromatic carbocycles. The van der Waals surface area contributed by atoms with Crippen LogP contribution < -0.4 is 10.9 Å². The molecule has 1 atom stereocenters. The maximum absolute atomic E-state index is 12.4. The highest BCUT2D eigenvalue weighted by atomic mass is 16.5. The van der Waals surface area contributed by atoms with Crippen LogP contribution in [-0.2, 0) is 11.3 Å². The third-order valence-electron chi connectivity index (χ3n) is 3.42. The van der Waals surface area contributed by atoms with E-state index >= 15 is 0 Å². The van der Waals surface area contributed by atoms with E-state index in [-0.39, 0.29) is 18.0 Å². The van der Waals surface area contributed by atoms with E-state index in [9.17, 15) is 9.59 Å². The maximum atomic E-state index is 12.4. The van der Waals surface area contributed by atoms with Crippen molar-refractivity contribution in [1.82, 2.24) is 20.0 Å². The molecule has 0 spiro atoms. The van der Waals surface area contributed by atoms with Gasteiger partial charge in [-0.2, -0.15) is 0 Å². The normalized spacial score (nSPS) is 12.2. The van der Waals surface area contributed by atoms with Crippen LogP contribution in [0.5, 0.6) is 0 Å². The van der Waals surface area contributed by atoms with Crippen molar-refractivity contribution >= 4 is 16.8 Å². The van der Waals surface area contributed by atoms with Gasteiger partial charge in [0, 0.05) is 6.07 Å². The topological polar surface area (TPSA) is 90.0 Å². The first kappa shape index (κ1) is 14.0. The second-order valence-electron chi connectivity index (χ2n) is 4.86. The predicted octanol–water partition coefficient (Wildman–Crippen LogP) is 1.26. The highest BCUT2D eigenvalue weighted by Crippen LogP contribution is 2.08. The van der Waals surface area contributed by atoms with Gasteiger partial charge in [0.1, 0.15) is 18.0 Å². The molecule has 0 bridgehead atoms. The lowest BCUT2D eigenvalue weighted by molar-refractivity contribution is -0.124. The molecule has 0 radical (unpaired) electrons. The Bertz CT molecular complexity index is 855. The number of aromatic nitrogens is 3. The number of carbonyl (C=O) groups is 1. The van der Waals surface area contributed by atoms with Crippen LogP contribution in [0.1, 0.15) is 18.7 Å². The zero-order chi connectivity index (χ0) is 15.5. The van der Waals surface area contributed by atoms with Crippen molar-refractivity contribution in [2.24, 2.45) is 0 Å². The summed E-state index contributed by atoms with van der Waals surface area (Å²) in [6, 6.07) is 8.03. The van der Waals surface area contributed by atoms with E-state index in [0.29, 0.717) is 16.6 Å². The average molecular weight is 298 g/mol. The van der Waals surface area contributed by atoms with E-state index in [1.165, 1.54) is 17.2 Å². The Morgan fingerprint density at radius 3 is 2.95 bits per heavy atom. The minimum absolute atomic E-state index is 0.241. The summed E-state index contributed by atoms with van der Waals surface area (Å²) >= 11 is 0. The van der Waals surface area contributed by atoms with Crippen LogP contribution in [0.4, 0.5) is 0 Å².